The van der Waals surface area contributed by atoms with Gasteiger partial charge in [-0.2, -0.15) is 0 Å². The van der Waals surface area contributed by atoms with E-state index in [1.807, 2.05) is 30.3 Å². The predicted molar refractivity (Wildman–Crippen MR) is 67.5 cm³/mol. The van der Waals surface area contributed by atoms with Crippen molar-refractivity contribution in [3.05, 3.63) is 42.0 Å². The van der Waals surface area contributed by atoms with Crippen molar-refractivity contribution in [2.75, 3.05) is 6.61 Å². The molecule has 1 aromatic carbocycles. The third-order valence-corrected chi connectivity index (χ3v) is 2.64. The van der Waals surface area contributed by atoms with Crippen LogP contribution in [-0.4, -0.2) is 33.6 Å². The van der Waals surface area contributed by atoms with Crippen LogP contribution in [-0.2, 0) is 9.09 Å². The molecule has 7 heteroatoms. The molecule has 0 spiro atoms. The highest BCUT2D eigenvalue weighted by Gasteiger charge is 2.19. The molecule has 2 atom stereocenters. The summed E-state index contributed by atoms with van der Waals surface area (Å²) in [7, 11) is -4.55. The Labute approximate surface area is 105 Å². The lowest BCUT2D eigenvalue weighted by Gasteiger charge is -2.15. The number of aliphatic hydroxyl groups excluding tert-OH is 1. The molecule has 0 unspecified atom stereocenters. The second kappa shape index (κ2) is 6.80. The van der Waals surface area contributed by atoms with Crippen molar-refractivity contribution in [3.63, 3.8) is 0 Å². The normalized spacial score (nSPS) is 15.8. The van der Waals surface area contributed by atoms with Crippen LogP contribution in [0, 0.1) is 0 Å². The molecule has 0 aliphatic heterocycles. The Morgan fingerprint density at radius 2 is 1.94 bits per heavy atom. The van der Waals surface area contributed by atoms with Crippen LogP contribution in [0.15, 0.2) is 36.4 Å². The van der Waals surface area contributed by atoms with Crippen molar-refractivity contribution in [2.45, 2.75) is 12.1 Å². The van der Waals surface area contributed by atoms with Gasteiger partial charge in [-0.25, -0.2) is 4.57 Å². The van der Waals surface area contributed by atoms with E-state index in [0.717, 1.165) is 5.56 Å². The summed E-state index contributed by atoms with van der Waals surface area (Å²) in [5, 5.41) is 9.63. The summed E-state index contributed by atoms with van der Waals surface area (Å²) in [6, 6.07) is 8.36. The average Bonchev–Trinajstić information content (AvgIpc) is 2.33. The minimum Gasteiger partial charge on any atom is -0.387 e. The SMILES string of the molecule is N[C@@H](COP(=O)(O)O)[C@@H](O)/C=C/c1ccccc1. The van der Waals surface area contributed by atoms with E-state index in [2.05, 4.69) is 4.52 Å². The number of aliphatic hydroxyl groups is 1. The van der Waals surface area contributed by atoms with Gasteiger partial charge in [-0.05, 0) is 5.56 Å². The van der Waals surface area contributed by atoms with Crippen molar-refractivity contribution in [1.82, 2.24) is 0 Å². The van der Waals surface area contributed by atoms with Crippen molar-refractivity contribution < 1.29 is 24.0 Å². The monoisotopic (exact) mass is 273 g/mol. The van der Waals surface area contributed by atoms with Gasteiger partial charge in [-0.15, -0.1) is 0 Å². The number of hydrogen-bond donors (Lipinski definition) is 4. The third kappa shape index (κ3) is 6.07. The average molecular weight is 273 g/mol. The number of rotatable bonds is 6. The maximum absolute atomic E-state index is 10.5. The Morgan fingerprint density at radius 1 is 1.33 bits per heavy atom. The van der Waals surface area contributed by atoms with Crippen LogP contribution in [0.4, 0.5) is 0 Å². The van der Waals surface area contributed by atoms with Crippen LogP contribution >= 0.6 is 7.82 Å². The van der Waals surface area contributed by atoms with Crippen LogP contribution in [0.1, 0.15) is 5.56 Å². The highest BCUT2D eigenvalue weighted by molar-refractivity contribution is 7.46. The molecule has 1 aromatic rings. The first-order valence-electron chi connectivity index (χ1n) is 5.25. The van der Waals surface area contributed by atoms with E-state index in [1.54, 1.807) is 6.08 Å². The molecule has 1 rings (SSSR count). The Balaban J connectivity index is 2.47. The van der Waals surface area contributed by atoms with Crippen LogP contribution in [0.3, 0.4) is 0 Å². The first kappa shape index (κ1) is 15.0. The quantitative estimate of drug-likeness (QED) is 0.561. The first-order valence-corrected chi connectivity index (χ1v) is 6.78. The van der Waals surface area contributed by atoms with Crippen LogP contribution in [0.25, 0.3) is 6.08 Å². The second-order valence-corrected chi connectivity index (χ2v) is 4.95. The zero-order valence-electron chi connectivity index (χ0n) is 9.59. The molecule has 0 heterocycles. The number of phosphoric ester groups is 1. The van der Waals surface area contributed by atoms with Crippen molar-refractivity contribution >= 4 is 13.9 Å². The molecule has 0 aromatic heterocycles. The Bertz CT molecular complexity index is 430. The van der Waals surface area contributed by atoms with Gasteiger partial charge in [0.05, 0.1) is 18.8 Å². The number of nitrogens with two attached hydrogens (primary N) is 1. The highest BCUT2D eigenvalue weighted by Crippen LogP contribution is 2.35. The van der Waals surface area contributed by atoms with E-state index in [1.165, 1.54) is 6.08 Å². The van der Waals surface area contributed by atoms with Crippen molar-refractivity contribution in [2.24, 2.45) is 5.73 Å². The maximum Gasteiger partial charge on any atom is 0.469 e. The zero-order valence-corrected chi connectivity index (χ0v) is 10.5. The minimum atomic E-state index is -4.55. The third-order valence-electron chi connectivity index (χ3n) is 2.16. The molecule has 0 fully saturated rings. The molecule has 0 radical (unpaired) electrons. The smallest absolute Gasteiger partial charge is 0.387 e. The molecule has 18 heavy (non-hydrogen) atoms. The van der Waals surface area contributed by atoms with Crippen molar-refractivity contribution in [3.8, 4) is 0 Å². The van der Waals surface area contributed by atoms with Gasteiger partial charge < -0.3 is 20.6 Å². The standard InChI is InChI=1S/C11H16NO5P/c12-10(8-17-18(14,15)16)11(13)7-6-9-4-2-1-3-5-9/h1-7,10-11,13H,8,12H2,(H2,14,15,16)/b7-6+/t10-,11-/m0/s1. The lowest BCUT2D eigenvalue weighted by molar-refractivity contribution is 0.129. The Hall–Kier alpha value is -1.01. The number of benzene rings is 1. The molecule has 5 N–H and O–H groups in total. The van der Waals surface area contributed by atoms with E-state index in [0.29, 0.717) is 0 Å². The Morgan fingerprint density at radius 3 is 2.50 bits per heavy atom. The van der Waals surface area contributed by atoms with E-state index >= 15 is 0 Å². The lowest BCUT2D eigenvalue weighted by atomic mass is 10.1. The molecule has 0 saturated carbocycles. The van der Waals surface area contributed by atoms with Gasteiger partial charge in [-0.1, -0.05) is 42.5 Å². The van der Waals surface area contributed by atoms with Crippen LogP contribution in [0.5, 0.6) is 0 Å². The van der Waals surface area contributed by atoms with E-state index in [9.17, 15) is 9.67 Å². The summed E-state index contributed by atoms with van der Waals surface area (Å²) in [5.41, 5.74) is 6.41. The fraction of sp³-hybridized carbons (Fsp3) is 0.273. The molecule has 0 amide bonds. The summed E-state index contributed by atoms with van der Waals surface area (Å²) in [4.78, 5) is 17.0. The van der Waals surface area contributed by atoms with Gasteiger partial charge in [-0.3, -0.25) is 4.52 Å². The van der Waals surface area contributed by atoms with Gasteiger partial charge >= 0.3 is 7.82 Å². The first-order chi connectivity index (χ1) is 8.38. The summed E-state index contributed by atoms with van der Waals surface area (Å²) in [6.45, 7) is -0.426. The topological polar surface area (TPSA) is 113 Å². The van der Waals surface area contributed by atoms with Gasteiger partial charge in [0.2, 0.25) is 0 Å². The fourth-order valence-corrected chi connectivity index (χ4v) is 1.56. The minimum absolute atomic E-state index is 0.426. The van der Waals surface area contributed by atoms with Gasteiger partial charge in [0, 0.05) is 0 Å². The van der Waals surface area contributed by atoms with Crippen LogP contribution < -0.4 is 5.73 Å². The molecule has 100 valence electrons. The van der Waals surface area contributed by atoms with Crippen LogP contribution in [0.2, 0.25) is 0 Å². The van der Waals surface area contributed by atoms with Gasteiger partial charge in [0.25, 0.3) is 0 Å². The summed E-state index contributed by atoms with van der Waals surface area (Å²) in [5.74, 6) is 0. The molecule has 0 aliphatic rings. The van der Waals surface area contributed by atoms with E-state index in [-0.39, 0.29) is 0 Å². The number of phosphoric acid groups is 1. The number of hydrogen-bond acceptors (Lipinski definition) is 4. The molecule has 0 bridgehead atoms. The molecule has 0 saturated heterocycles. The van der Waals surface area contributed by atoms with Gasteiger partial charge in [0.15, 0.2) is 0 Å². The fourth-order valence-electron chi connectivity index (χ4n) is 1.20. The largest absolute Gasteiger partial charge is 0.469 e. The zero-order chi connectivity index (χ0) is 13.6. The predicted octanol–water partition coefficient (Wildman–Crippen LogP) is 0.497. The van der Waals surface area contributed by atoms with Gasteiger partial charge in [0.1, 0.15) is 0 Å². The molecule has 6 nitrogen and oxygen atoms in total. The highest BCUT2D eigenvalue weighted by atomic mass is 31.2. The summed E-state index contributed by atoms with van der Waals surface area (Å²) >= 11 is 0. The molecular formula is C11H16NO5P. The lowest BCUT2D eigenvalue weighted by Crippen LogP contribution is -2.37. The molecule has 0 aliphatic carbocycles. The molecular weight excluding hydrogens is 257 g/mol. The van der Waals surface area contributed by atoms with E-state index < -0.39 is 26.6 Å². The second-order valence-electron chi connectivity index (χ2n) is 3.71. The Kier molecular flexibility index (Phi) is 5.68. The maximum atomic E-state index is 10.5. The van der Waals surface area contributed by atoms with E-state index in [4.69, 9.17) is 15.5 Å². The van der Waals surface area contributed by atoms with Crippen molar-refractivity contribution in [1.29, 1.82) is 0 Å². The summed E-state index contributed by atoms with van der Waals surface area (Å²) < 4.78 is 14.7. The summed E-state index contributed by atoms with van der Waals surface area (Å²) in [6.07, 6.45) is 2.07.